The molecule has 222 valence electrons. The first-order valence-electron chi connectivity index (χ1n) is 12.7. The molecule has 0 aliphatic heterocycles. The minimum Gasteiger partial charge on any atom is -0.497 e. The first-order chi connectivity index (χ1) is 19.0. The maximum atomic E-state index is 15.4. The monoisotopic (exact) mass is 607 g/mol. The van der Waals surface area contributed by atoms with Gasteiger partial charge in [-0.3, -0.25) is 9.78 Å². The third-order valence-corrected chi connectivity index (χ3v) is 10.2. The number of Topliss-reactive ketones (excluding diaryl/α,β-unsaturated/α-hetero) is 1. The summed E-state index contributed by atoms with van der Waals surface area (Å²) >= 11 is 0. The van der Waals surface area contributed by atoms with Gasteiger partial charge in [0.1, 0.15) is 23.1 Å². The summed E-state index contributed by atoms with van der Waals surface area (Å²) in [4.78, 5) is 16.6. The zero-order chi connectivity index (χ0) is 30.6. The maximum Gasteiger partial charge on any atom is 0.216 e. The molecule has 0 aliphatic rings. The molecule has 0 unspecified atom stereocenters. The Labute approximate surface area is 242 Å². The van der Waals surface area contributed by atoms with Gasteiger partial charge in [0.15, 0.2) is 5.78 Å². The molecule has 0 saturated heterocycles. The van der Waals surface area contributed by atoms with E-state index in [2.05, 4.69) is 9.71 Å². The van der Waals surface area contributed by atoms with Crippen LogP contribution in [0.25, 0.3) is 0 Å². The van der Waals surface area contributed by atoms with E-state index in [0.29, 0.717) is 16.9 Å². The summed E-state index contributed by atoms with van der Waals surface area (Å²) in [5.74, 6) is -1.73. The van der Waals surface area contributed by atoms with Crippen molar-refractivity contribution in [2.24, 2.45) is 0 Å². The van der Waals surface area contributed by atoms with E-state index in [1.807, 2.05) is 0 Å². The molecule has 41 heavy (non-hydrogen) atoms. The summed E-state index contributed by atoms with van der Waals surface area (Å²) < 4.78 is 77.5. The van der Waals surface area contributed by atoms with Crippen molar-refractivity contribution in [1.82, 2.24) is 14.0 Å². The van der Waals surface area contributed by atoms with Crippen LogP contribution in [-0.2, 0) is 39.5 Å². The molecule has 3 aromatic rings. The number of rotatable bonds is 12. The van der Waals surface area contributed by atoms with E-state index in [1.165, 1.54) is 39.3 Å². The predicted molar refractivity (Wildman–Crippen MR) is 155 cm³/mol. The van der Waals surface area contributed by atoms with Gasteiger partial charge in [-0.15, -0.1) is 0 Å². The largest absolute Gasteiger partial charge is 0.497 e. The molecule has 2 atom stereocenters. The summed E-state index contributed by atoms with van der Waals surface area (Å²) in [6.45, 7) is 6.65. The van der Waals surface area contributed by atoms with Gasteiger partial charge in [-0.2, -0.15) is 0 Å². The Bertz CT molecular complexity index is 1510. The molecule has 3 rings (SSSR count). The normalized spacial score (nSPS) is 14.5. The number of halogens is 2. The molecule has 0 radical (unpaired) electrons. The van der Waals surface area contributed by atoms with E-state index in [1.54, 1.807) is 45.0 Å². The first kappa shape index (κ1) is 32.5. The number of hydrogen-bond donors (Lipinski definition) is 1. The Hall–Kier alpha value is -3.06. The highest BCUT2D eigenvalue weighted by Gasteiger charge is 2.40. The molecule has 8 nitrogen and oxygen atoms in total. The van der Waals surface area contributed by atoms with Crippen LogP contribution in [0.2, 0.25) is 0 Å². The van der Waals surface area contributed by atoms with Crippen molar-refractivity contribution in [2.45, 2.75) is 50.9 Å². The van der Waals surface area contributed by atoms with Crippen molar-refractivity contribution in [3.8, 4) is 5.75 Å². The SMILES string of the molecule is COc1ccc(CN(C)S(=O)(=O)C[C@](C)(N[S@](=O)C(C)(C)C)c2cc(CC(=O)c3ccc(F)cn3)ccc2F)cc1. The topological polar surface area (TPSA) is 106 Å². The number of carbonyl (C=O) groups is 1. The summed E-state index contributed by atoms with van der Waals surface area (Å²) in [7, 11) is -2.87. The van der Waals surface area contributed by atoms with Crippen LogP contribution in [-0.4, -0.2) is 52.4 Å². The molecule has 0 saturated carbocycles. The third kappa shape index (κ3) is 8.48. The van der Waals surface area contributed by atoms with Gasteiger partial charge in [0.25, 0.3) is 0 Å². The molecule has 1 aromatic heterocycles. The van der Waals surface area contributed by atoms with Gasteiger partial charge in [-0.05, 0) is 69.2 Å². The smallest absolute Gasteiger partial charge is 0.216 e. The van der Waals surface area contributed by atoms with Crippen LogP contribution in [0.3, 0.4) is 0 Å². The lowest BCUT2D eigenvalue weighted by atomic mass is 9.92. The fourth-order valence-electron chi connectivity index (χ4n) is 4.00. The number of carbonyl (C=O) groups excluding carboxylic acids is 1. The quantitative estimate of drug-likeness (QED) is 0.304. The van der Waals surface area contributed by atoms with E-state index in [4.69, 9.17) is 4.74 Å². The second kappa shape index (κ2) is 12.8. The number of ether oxygens (including phenoxy) is 1. The van der Waals surface area contributed by atoms with Crippen molar-refractivity contribution in [2.75, 3.05) is 19.9 Å². The molecule has 0 fully saturated rings. The van der Waals surface area contributed by atoms with Crippen LogP contribution in [0.4, 0.5) is 8.78 Å². The van der Waals surface area contributed by atoms with Crippen LogP contribution in [0, 0.1) is 11.6 Å². The molecule has 0 spiro atoms. The standard InChI is InChI=1S/C29H35F2N3O5S2/c1-28(2,3)40(36)33-29(4,19-41(37,38)34(5)18-20-7-11-23(39-6)12-8-20)24-15-21(9-13-25(24)31)16-27(35)26-14-10-22(30)17-32-26/h7-15,17,33H,16,18-19H2,1-6H3/t29-,40+/m0/s1. The van der Waals surface area contributed by atoms with Gasteiger partial charge in [0, 0.05) is 25.6 Å². The van der Waals surface area contributed by atoms with Crippen LogP contribution in [0.15, 0.2) is 60.8 Å². The van der Waals surface area contributed by atoms with Crippen molar-refractivity contribution >= 4 is 26.8 Å². The maximum absolute atomic E-state index is 15.4. The number of nitrogens with zero attached hydrogens (tertiary/aromatic N) is 2. The Morgan fingerprint density at radius 1 is 1.02 bits per heavy atom. The van der Waals surface area contributed by atoms with Crippen molar-refractivity contribution in [3.63, 3.8) is 0 Å². The van der Waals surface area contributed by atoms with Crippen molar-refractivity contribution in [3.05, 3.63) is 94.8 Å². The molecule has 0 bridgehead atoms. The first-order valence-corrected chi connectivity index (χ1v) is 15.5. The zero-order valence-corrected chi connectivity index (χ0v) is 25.5. The minimum absolute atomic E-state index is 0.0368. The van der Waals surface area contributed by atoms with E-state index in [0.717, 1.165) is 22.6 Å². The fourth-order valence-corrected chi connectivity index (χ4v) is 6.52. The van der Waals surface area contributed by atoms with Crippen LogP contribution >= 0.6 is 0 Å². The highest BCUT2D eigenvalue weighted by atomic mass is 32.2. The average Bonchev–Trinajstić information content (AvgIpc) is 2.89. The predicted octanol–water partition coefficient (Wildman–Crippen LogP) is 4.52. The van der Waals surface area contributed by atoms with Crippen molar-refractivity contribution < 1.29 is 30.9 Å². The second-order valence-corrected chi connectivity index (χ2v) is 15.0. The number of sulfonamides is 1. The highest BCUT2D eigenvalue weighted by molar-refractivity contribution is 7.89. The molecule has 0 aliphatic carbocycles. The van der Waals surface area contributed by atoms with Gasteiger partial charge >= 0.3 is 0 Å². The number of hydrogen-bond acceptors (Lipinski definition) is 6. The Morgan fingerprint density at radius 2 is 1.66 bits per heavy atom. The molecule has 12 heteroatoms. The molecular weight excluding hydrogens is 572 g/mol. The number of methoxy groups -OCH3 is 1. The van der Waals surface area contributed by atoms with Crippen LogP contribution < -0.4 is 9.46 Å². The summed E-state index contributed by atoms with van der Waals surface area (Å²) in [6.07, 6.45) is 0.744. The van der Waals surface area contributed by atoms with Crippen LogP contribution in [0.1, 0.15) is 54.9 Å². The van der Waals surface area contributed by atoms with E-state index in [9.17, 15) is 21.8 Å². The fraction of sp³-hybridized carbons (Fsp3) is 0.379. The molecule has 1 heterocycles. The van der Waals surface area contributed by atoms with E-state index >= 15 is 4.39 Å². The molecule has 2 aromatic carbocycles. The lowest BCUT2D eigenvalue weighted by Gasteiger charge is -2.35. The second-order valence-electron chi connectivity index (χ2n) is 11.0. The van der Waals surface area contributed by atoms with E-state index in [-0.39, 0.29) is 24.2 Å². The number of aromatic nitrogens is 1. The van der Waals surface area contributed by atoms with Gasteiger partial charge in [0.05, 0.1) is 40.3 Å². The number of nitrogens with one attached hydrogen (secondary N) is 1. The Morgan fingerprint density at radius 3 is 2.22 bits per heavy atom. The number of ketones is 1. The molecule has 1 N–H and O–H groups in total. The number of pyridine rings is 1. The van der Waals surface area contributed by atoms with Crippen molar-refractivity contribution in [1.29, 1.82) is 0 Å². The van der Waals surface area contributed by atoms with E-state index < -0.39 is 54.5 Å². The summed E-state index contributed by atoms with van der Waals surface area (Å²) in [5.41, 5.74) is -0.576. The molecule has 0 amide bonds. The van der Waals surface area contributed by atoms with Gasteiger partial charge < -0.3 is 4.74 Å². The molecular formula is C29H35F2N3O5S2. The van der Waals surface area contributed by atoms with Gasteiger partial charge in [-0.25, -0.2) is 30.4 Å². The Balaban J connectivity index is 1.96. The average molecular weight is 608 g/mol. The highest BCUT2D eigenvalue weighted by Crippen LogP contribution is 2.30. The van der Waals surface area contributed by atoms with Crippen LogP contribution in [0.5, 0.6) is 5.75 Å². The zero-order valence-electron chi connectivity index (χ0n) is 23.9. The summed E-state index contributed by atoms with van der Waals surface area (Å²) in [6, 6.07) is 13.2. The third-order valence-electron chi connectivity index (χ3n) is 6.39. The minimum atomic E-state index is -4.04. The summed E-state index contributed by atoms with van der Waals surface area (Å²) in [5, 5.41) is 0. The lowest BCUT2D eigenvalue weighted by Crippen LogP contribution is -2.52. The Kier molecular flexibility index (Phi) is 10.2. The van der Waals surface area contributed by atoms with Gasteiger partial charge in [0.2, 0.25) is 10.0 Å². The lowest BCUT2D eigenvalue weighted by molar-refractivity contribution is 0.0988. The number of benzene rings is 2. The van der Waals surface area contributed by atoms with Gasteiger partial charge in [-0.1, -0.05) is 24.3 Å².